The smallest absolute Gasteiger partial charge is 0.122 e. The van der Waals surface area contributed by atoms with Gasteiger partial charge in [-0.25, -0.2) is 0 Å². The van der Waals surface area contributed by atoms with Crippen molar-refractivity contribution in [2.24, 2.45) is 5.73 Å². The molecule has 0 aliphatic carbocycles. The number of nitrogens with zero attached hydrogens (tertiary/aromatic N) is 1. The van der Waals surface area contributed by atoms with Crippen LogP contribution in [0.25, 0.3) is 0 Å². The van der Waals surface area contributed by atoms with Gasteiger partial charge in [0.25, 0.3) is 0 Å². The fourth-order valence-electron chi connectivity index (χ4n) is 2.70. The molecule has 1 saturated heterocycles. The quantitative estimate of drug-likeness (QED) is 0.640. The Morgan fingerprint density at radius 2 is 2.25 bits per heavy atom. The van der Waals surface area contributed by atoms with Crippen LogP contribution in [0, 0.1) is 12.3 Å². The molecule has 3 N–H and O–H groups in total. The van der Waals surface area contributed by atoms with Crippen LogP contribution in [0.15, 0.2) is 18.2 Å². The summed E-state index contributed by atoms with van der Waals surface area (Å²) in [6.45, 7) is 4.87. The van der Waals surface area contributed by atoms with Crippen LogP contribution in [-0.2, 0) is 11.3 Å². The third kappa shape index (κ3) is 4.05. The third-order valence-corrected chi connectivity index (χ3v) is 3.88. The topological polar surface area (TPSA) is 62.3 Å². The molecule has 1 aliphatic heterocycles. The summed E-state index contributed by atoms with van der Waals surface area (Å²) in [5.41, 5.74) is 8.78. The van der Waals surface area contributed by atoms with E-state index in [2.05, 4.69) is 24.9 Å². The molecule has 2 rings (SSSR count). The van der Waals surface area contributed by atoms with Crippen LogP contribution in [0.1, 0.15) is 36.0 Å². The number of benzene rings is 1. The Kier molecular flexibility index (Phi) is 5.15. The van der Waals surface area contributed by atoms with Gasteiger partial charge in [-0.15, -0.1) is 0 Å². The second-order valence-electron chi connectivity index (χ2n) is 5.74. The molecule has 0 aromatic heterocycles. The second-order valence-corrected chi connectivity index (χ2v) is 5.74. The van der Waals surface area contributed by atoms with Crippen molar-refractivity contribution < 1.29 is 4.74 Å². The van der Waals surface area contributed by atoms with Crippen LogP contribution in [0.3, 0.4) is 0 Å². The SMILES string of the molecule is Cc1cc(C(=N)N)ccc1CN(C)CC1CCCCO1. The van der Waals surface area contributed by atoms with E-state index >= 15 is 0 Å². The minimum Gasteiger partial charge on any atom is -0.384 e. The molecule has 1 unspecified atom stereocenters. The van der Waals surface area contributed by atoms with E-state index in [0.717, 1.165) is 25.3 Å². The highest BCUT2D eigenvalue weighted by Gasteiger charge is 2.16. The molecule has 110 valence electrons. The van der Waals surface area contributed by atoms with Crippen molar-refractivity contribution in [2.45, 2.75) is 38.8 Å². The monoisotopic (exact) mass is 275 g/mol. The molecule has 0 saturated carbocycles. The minimum absolute atomic E-state index is 0.128. The zero-order valence-electron chi connectivity index (χ0n) is 12.5. The Morgan fingerprint density at radius 3 is 2.85 bits per heavy atom. The zero-order valence-corrected chi connectivity index (χ0v) is 12.5. The highest BCUT2D eigenvalue weighted by Crippen LogP contribution is 2.16. The predicted molar refractivity (Wildman–Crippen MR) is 82.1 cm³/mol. The van der Waals surface area contributed by atoms with Gasteiger partial charge in [-0.3, -0.25) is 10.3 Å². The maximum absolute atomic E-state index is 7.46. The molecule has 1 aromatic carbocycles. The van der Waals surface area contributed by atoms with Crippen molar-refractivity contribution in [3.63, 3.8) is 0 Å². The van der Waals surface area contributed by atoms with Crippen LogP contribution in [0.5, 0.6) is 0 Å². The molecule has 0 spiro atoms. The van der Waals surface area contributed by atoms with Gasteiger partial charge in [0.2, 0.25) is 0 Å². The lowest BCUT2D eigenvalue weighted by Crippen LogP contribution is -2.33. The van der Waals surface area contributed by atoms with Crippen molar-refractivity contribution in [1.82, 2.24) is 4.90 Å². The summed E-state index contributed by atoms with van der Waals surface area (Å²) in [6.07, 6.45) is 4.04. The number of ether oxygens (including phenoxy) is 1. The third-order valence-electron chi connectivity index (χ3n) is 3.88. The molecule has 1 aliphatic rings. The van der Waals surface area contributed by atoms with Gasteiger partial charge in [-0.2, -0.15) is 0 Å². The molecule has 1 fully saturated rings. The Balaban J connectivity index is 1.93. The summed E-state index contributed by atoms with van der Waals surface area (Å²) in [5.74, 6) is 0.128. The van der Waals surface area contributed by atoms with Gasteiger partial charge in [0.15, 0.2) is 0 Å². The number of nitrogen functional groups attached to an aromatic ring is 1. The molecule has 4 heteroatoms. The first kappa shape index (κ1) is 15.0. The van der Waals surface area contributed by atoms with Crippen LogP contribution in [0.2, 0.25) is 0 Å². The van der Waals surface area contributed by atoms with Gasteiger partial charge in [0, 0.05) is 25.3 Å². The first-order chi connectivity index (χ1) is 9.56. The Labute approximate surface area is 121 Å². The lowest BCUT2D eigenvalue weighted by atomic mass is 10.0. The first-order valence-corrected chi connectivity index (χ1v) is 7.30. The van der Waals surface area contributed by atoms with Crippen LogP contribution in [-0.4, -0.2) is 37.0 Å². The van der Waals surface area contributed by atoms with E-state index in [9.17, 15) is 0 Å². The normalized spacial score (nSPS) is 19.2. The standard InChI is InChI=1S/C16H25N3O/c1-12-9-13(16(17)18)6-7-14(12)10-19(2)11-15-5-3-4-8-20-15/h6-7,9,15H,3-5,8,10-11H2,1-2H3,(H3,17,18). The van der Waals surface area contributed by atoms with E-state index in [1.807, 2.05) is 12.1 Å². The molecule has 0 bridgehead atoms. The minimum atomic E-state index is 0.128. The lowest BCUT2D eigenvalue weighted by molar-refractivity contribution is -0.00261. The Hall–Kier alpha value is -1.39. The number of nitrogens with two attached hydrogens (primary N) is 1. The highest BCUT2D eigenvalue weighted by molar-refractivity contribution is 5.95. The summed E-state index contributed by atoms with van der Waals surface area (Å²) in [5, 5.41) is 7.46. The molecule has 4 nitrogen and oxygen atoms in total. The fraction of sp³-hybridized carbons (Fsp3) is 0.562. The number of nitrogens with one attached hydrogen (secondary N) is 1. The van der Waals surface area contributed by atoms with Crippen LogP contribution >= 0.6 is 0 Å². The fourth-order valence-corrected chi connectivity index (χ4v) is 2.70. The number of hydrogen-bond acceptors (Lipinski definition) is 3. The summed E-state index contributed by atoms with van der Waals surface area (Å²) in [7, 11) is 2.14. The van der Waals surface area contributed by atoms with Gasteiger partial charge in [0.05, 0.1) is 6.10 Å². The summed E-state index contributed by atoms with van der Waals surface area (Å²) < 4.78 is 5.78. The molecular weight excluding hydrogens is 250 g/mol. The van der Waals surface area contributed by atoms with Gasteiger partial charge in [-0.1, -0.05) is 12.1 Å². The summed E-state index contributed by atoms with van der Waals surface area (Å²) in [4.78, 5) is 2.31. The van der Waals surface area contributed by atoms with Crippen LogP contribution in [0.4, 0.5) is 0 Å². The average molecular weight is 275 g/mol. The van der Waals surface area contributed by atoms with E-state index in [-0.39, 0.29) is 5.84 Å². The van der Waals surface area contributed by atoms with Crippen molar-refractivity contribution in [1.29, 1.82) is 5.41 Å². The molecule has 1 atom stereocenters. The van der Waals surface area contributed by atoms with Gasteiger partial charge >= 0.3 is 0 Å². The van der Waals surface area contributed by atoms with E-state index < -0.39 is 0 Å². The number of aryl methyl sites for hydroxylation is 1. The lowest BCUT2D eigenvalue weighted by Gasteiger charge is -2.27. The van der Waals surface area contributed by atoms with Crippen molar-refractivity contribution in [3.05, 3.63) is 34.9 Å². The van der Waals surface area contributed by atoms with Crippen molar-refractivity contribution >= 4 is 5.84 Å². The molecular formula is C16H25N3O. The van der Waals surface area contributed by atoms with E-state index in [4.69, 9.17) is 15.9 Å². The van der Waals surface area contributed by atoms with Gasteiger partial charge in [0.1, 0.15) is 5.84 Å². The number of likely N-dealkylation sites (N-methyl/N-ethyl adjacent to an activating group) is 1. The van der Waals surface area contributed by atoms with Crippen LogP contribution < -0.4 is 5.73 Å². The maximum atomic E-state index is 7.46. The maximum Gasteiger partial charge on any atom is 0.122 e. The first-order valence-electron chi connectivity index (χ1n) is 7.30. The van der Waals surface area contributed by atoms with Crippen molar-refractivity contribution in [3.8, 4) is 0 Å². The molecule has 0 radical (unpaired) electrons. The molecule has 20 heavy (non-hydrogen) atoms. The zero-order chi connectivity index (χ0) is 14.5. The van der Waals surface area contributed by atoms with Gasteiger partial charge < -0.3 is 10.5 Å². The summed E-state index contributed by atoms with van der Waals surface area (Å²) >= 11 is 0. The highest BCUT2D eigenvalue weighted by atomic mass is 16.5. The largest absolute Gasteiger partial charge is 0.384 e. The summed E-state index contributed by atoms with van der Waals surface area (Å²) in [6, 6.07) is 5.99. The van der Waals surface area contributed by atoms with Gasteiger partial charge in [-0.05, 0) is 50.4 Å². The number of hydrogen-bond donors (Lipinski definition) is 2. The molecule has 1 aromatic rings. The second kappa shape index (κ2) is 6.86. The van der Waals surface area contributed by atoms with E-state index in [0.29, 0.717) is 6.10 Å². The number of rotatable bonds is 5. The van der Waals surface area contributed by atoms with E-state index in [1.165, 1.54) is 30.4 Å². The molecule has 0 amide bonds. The number of amidine groups is 1. The van der Waals surface area contributed by atoms with E-state index in [1.54, 1.807) is 0 Å². The Morgan fingerprint density at radius 1 is 1.45 bits per heavy atom. The predicted octanol–water partition coefficient (Wildman–Crippen LogP) is 2.28. The average Bonchev–Trinajstić information content (AvgIpc) is 2.42. The Bertz CT molecular complexity index is 467. The van der Waals surface area contributed by atoms with Crippen molar-refractivity contribution in [2.75, 3.05) is 20.2 Å². The molecule has 1 heterocycles.